The lowest BCUT2D eigenvalue weighted by atomic mass is 9.91. The standard InChI is InChI=1S/C33H36ClN7O3/c34-28-21-36-33(40-31(28)27-20-35-29-8-2-1-7-26(27)29)39-25-6-3-5-24(19-25)38-32(43)22-10-12-23(13-11-22)37-30(42)9-4-14-41-15-17-44-18-16-41/h1-2,4,7-13,20-21,24-25,35H,3,5-6,14-19H2,(H,37,42)(H,38,43)(H,36,39,40)/b9-4+/t24-,25+/m0/s1. The zero-order valence-corrected chi connectivity index (χ0v) is 25.1. The quantitative estimate of drug-likeness (QED) is 0.190. The number of nitrogens with zero attached hydrogens (tertiary/aromatic N) is 3. The van der Waals surface area contributed by atoms with Gasteiger partial charge in [-0.25, -0.2) is 9.97 Å². The maximum Gasteiger partial charge on any atom is 0.251 e. The lowest BCUT2D eigenvalue weighted by Gasteiger charge is -2.30. The number of aromatic amines is 1. The normalized spacial score (nSPS) is 19.2. The van der Waals surface area contributed by atoms with Gasteiger partial charge in [0, 0.05) is 71.7 Å². The van der Waals surface area contributed by atoms with E-state index >= 15 is 0 Å². The number of carbonyl (C=O) groups excluding carboxylic acids is 2. The van der Waals surface area contributed by atoms with E-state index in [-0.39, 0.29) is 23.9 Å². The number of amides is 2. The molecular formula is C33H36ClN7O3. The molecule has 6 rings (SSSR count). The number of para-hydroxylation sites is 1. The summed E-state index contributed by atoms with van der Waals surface area (Å²) < 4.78 is 5.34. The van der Waals surface area contributed by atoms with Crippen molar-refractivity contribution < 1.29 is 14.3 Å². The smallest absolute Gasteiger partial charge is 0.251 e. The van der Waals surface area contributed by atoms with Gasteiger partial charge < -0.3 is 25.7 Å². The monoisotopic (exact) mass is 613 g/mol. The molecule has 0 unspecified atom stereocenters. The molecule has 228 valence electrons. The average Bonchev–Trinajstić information content (AvgIpc) is 3.47. The summed E-state index contributed by atoms with van der Waals surface area (Å²) in [4.78, 5) is 40.0. The molecule has 2 aliphatic rings. The van der Waals surface area contributed by atoms with Crippen molar-refractivity contribution in [1.82, 2.24) is 25.2 Å². The second-order valence-electron chi connectivity index (χ2n) is 11.2. The number of carbonyl (C=O) groups is 2. The highest BCUT2D eigenvalue weighted by Crippen LogP contribution is 2.32. The number of benzene rings is 2. The Morgan fingerprint density at radius 3 is 2.70 bits per heavy atom. The van der Waals surface area contributed by atoms with Crippen molar-refractivity contribution in [3.05, 3.63) is 83.7 Å². The molecule has 1 saturated heterocycles. The van der Waals surface area contributed by atoms with E-state index in [0.29, 0.717) is 34.5 Å². The first-order valence-electron chi connectivity index (χ1n) is 15.1. The SMILES string of the molecule is O=C(/C=C/CN1CCOCC1)Nc1ccc(C(=O)N[C@H]2CCC[C@@H](Nc3ncc(Cl)c(-c4c[nH]c5ccccc45)n3)C2)cc1. The van der Waals surface area contributed by atoms with Crippen molar-refractivity contribution in [2.45, 2.75) is 37.8 Å². The number of aromatic nitrogens is 3. The number of H-pyrrole nitrogens is 1. The highest BCUT2D eigenvalue weighted by Gasteiger charge is 2.25. The fraction of sp³-hybridized carbons (Fsp3) is 0.333. The Bertz CT molecular complexity index is 1630. The van der Waals surface area contributed by atoms with Gasteiger partial charge in [-0.05, 0) is 56.0 Å². The zero-order chi connectivity index (χ0) is 30.3. The third-order valence-electron chi connectivity index (χ3n) is 8.08. The van der Waals surface area contributed by atoms with Gasteiger partial charge in [0.25, 0.3) is 5.91 Å². The molecule has 4 N–H and O–H groups in total. The number of ether oxygens (including phenoxy) is 1. The van der Waals surface area contributed by atoms with Crippen molar-refractivity contribution in [1.29, 1.82) is 0 Å². The maximum absolute atomic E-state index is 13.0. The maximum atomic E-state index is 13.0. The first-order chi connectivity index (χ1) is 21.5. The number of halogens is 1. The van der Waals surface area contributed by atoms with Crippen LogP contribution in [0.1, 0.15) is 36.0 Å². The number of rotatable bonds is 9. The van der Waals surface area contributed by atoms with Gasteiger partial charge in [0.2, 0.25) is 11.9 Å². The van der Waals surface area contributed by atoms with Crippen LogP contribution in [-0.4, -0.2) is 76.6 Å². The number of fused-ring (bicyclic) bond motifs is 1. The molecule has 44 heavy (non-hydrogen) atoms. The number of morpholine rings is 1. The highest BCUT2D eigenvalue weighted by atomic mass is 35.5. The molecule has 10 nitrogen and oxygen atoms in total. The zero-order valence-electron chi connectivity index (χ0n) is 24.4. The van der Waals surface area contributed by atoms with Gasteiger partial charge in [-0.1, -0.05) is 35.9 Å². The second-order valence-corrected chi connectivity index (χ2v) is 11.6. The summed E-state index contributed by atoms with van der Waals surface area (Å²) in [6.07, 6.45) is 10.5. The Kier molecular flexibility index (Phi) is 9.50. The first kappa shape index (κ1) is 29.8. The third kappa shape index (κ3) is 7.45. The summed E-state index contributed by atoms with van der Waals surface area (Å²) in [6.45, 7) is 3.91. The van der Waals surface area contributed by atoms with E-state index in [2.05, 4.69) is 30.8 Å². The molecule has 1 aliphatic heterocycles. The topological polar surface area (TPSA) is 124 Å². The Hall–Kier alpha value is -4.25. The van der Waals surface area contributed by atoms with Crippen LogP contribution in [0.25, 0.3) is 22.2 Å². The number of hydrogen-bond donors (Lipinski definition) is 4. The summed E-state index contributed by atoms with van der Waals surface area (Å²) in [5.74, 6) is 0.179. The molecule has 2 aromatic heterocycles. The number of nitrogens with one attached hydrogen (secondary N) is 4. The first-order valence-corrected chi connectivity index (χ1v) is 15.4. The van der Waals surface area contributed by atoms with Crippen LogP contribution in [-0.2, 0) is 9.53 Å². The Morgan fingerprint density at radius 1 is 1.07 bits per heavy atom. The second kappa shape index (κ2) is 14.0. The van der Waals surface area contributed by atoms with Crippen molar-refractivity contribution >= 4 is 46.0 Å². The lowest BCUT2D eigenvalue weighted by molar-refractivity contribution is -0.111. The minimum Gasteiger partial charge on any atom is -0.379 e. The predicted molar refractivity (Wildman–Crippen MR) is 173 cm³/mol. The highest BCUT2D eigenvalue weighted by molar-refractivity contribution is 6.33. The number of anilines is 2. The fourth-order valence-corrected chi connectivity index (χ4v) is 5.97. The van der Waals surface area contributed by atoms with Gasteiger partial charge in [-0.15, -0.1) is 0 Å². The molecule has 11 heteroatoms. The third-order valence-corrected chi connectivity index (χ3v) is 8.36. The van der Waals surface area contributed by atoms with E-state index in [0.717, 1.165) is 68.5 Å². The van der Waals surface area contributed by atoms with Crippen LogP contribution in [0.15, 0.2) is 73.1 Å². The van der Waals surface area contributed by atoms with Crippen LogP contribution in [0.2, 0.25) is 5.02 Å². The van der Waals surface area contributed by atoms with Gasteiger partial charge in [-0.3, -0.25) is 14.5 Å². The molecule has 3 heterocycles. The molecule has 0 radical (unpaired) electrons. The largest absolute Gasteiger partial charge is 0.379 e. The summed E-state index contributed by atoms with van der Waals surface area (Å²) in [6, 6.07) is 15.1. The Morgan fingerprint density at radius 2 is 1.86 bits per heavy atom. The fourth-order valence-electron chi connectivity index (χ4n) is 5.78. The molecule has 1 aliphatic carbocycles. The minimum atomic E-state index is -0.200. The van der Waals surface area contributed by atoms with Gasteiger partial charge in [0.15, 0.2) is 0 Å². The summed E-state index contributed by atoms with van der Waals surface area (Å²) >= 11 is 6.51. The summed E-state index contributed by atoms with van der Waals surface area (Å²) in [5, 5.41) is 11.0. The minimum absolute atomic E-state index is 0.0186. The molecule has 1 saturated carbocycles. The molecule has 2 aromatic carbocycles. The molecule has 4 aromatic rings. The molecule has 2 amide bonds. The van der Waals surface area contributed by atoms with Crippen LogP contribution in [0.4, 0.5) is 11.6 Å². The van der Waals surface area contributed by atoms with Gasteiger partial charge >= 0.3 is 0 Å². The van der Waals surface area contributed by atoms with E-state index < -0.39 is 0 Å². The van der Waals surface area contributed by atoms with Crippen molar-refractivity contribution in [2.24, 2.45) is 0 Å². The summed E-state index contributed by atoms with van der Waals surface area (Å²) in [7, 11) is 0. The van der Waals surface area contributed by atoms with Gasteiger partial charge in [0.1, 0.15) is 0 Å². The van der Waals surface area contributed by atoms with Crippen molar-refractivity contribution in [2.75, 3.05) is 43.5 Å². The van der Waals surface area contributed by atoms with Crippen LogP contribution in [0.3, 0.4) is 0 Å². The molecule has 2 fully saturated rings. The van der Waals surface area contributed by atoms with Crippen LogP contribution < -0.4 is 16.0 Å². The molecular weight excluding hydrogens is 578 g/mol. The summed E-state index contributed by atoms with van der Waals surface area (Å²) in [5.41, 5.74) is 3.80. The van der Waals surface area contributed by atoms with E-state index in [1.807, 2.05) is 36.5 Å². The van der Waals surface area contributed by atoms with E-state index in [4.69, 9.17) is 21.3 Å². The van der Waals surface area contributed by atoms with E-state index in [1.54, 1.807) is 36.5 Å². The van der Waals surface area contributed by atoms with Crippen LogP contribution in [0.5, 0.6) is 0 Å². The Balaban J connectivity index is 1.01. The van der Waals surface area contributed by atoms with Crippen molar-refractivity contribution in [3.8, 4) is 11.3 Å². The molecule has 2 atom stereocenters. The average molecular weight is 614 g/mol. The van der Waals surface area contributed by atoms with Crippen LogP contribution in [0, 0.1) is 0 Å². The van der Waals surface area contributed by atoms with Gasteiger partial charge in [-0.2, -0.15) is 0 Å². The predicted octanol–water partition coefficient (Wildman–Crippen LogP) is 5.26. The van der Waals surface area contributed by atoms with E-state index in [9.17, 15) is 9.59 Å². The molecule has 0 spiro atoms. The number of hydrogen-bond acceptors (Lipinski definition) is 7. The molecule has 0 bridgehead atoms. The van der Waals surface area contributed by atoms with Gasteiger partial charge in [0.05, 0.1) is 30.1 Å². The van der Waals surface area contributed by atoms with Crippen molar-refractivity contribution in [3.63, 3.8) is 0 Å². The van der Waals surface area contributed by atoms with Crippen LogP contribution >= 0.6 is 11.6 Å². The van der Waals surface area contributed by atoms with E-state index in [1.165, 1.54) is 0 Å². The Labute approximate surface area is 261 Å². The lowest BCUT2D eigenvalue weighted by Crippen LogP contribution is -2.42.